The fraction of sp³-hybridized carbons (Fsp3) is 0.571. The first-order valence-corrected chi connectivity index (χ1v) is 6.48. The maximum absolute atomic E-state index is 8.71. The van der Waals surface area contributed by atoms with Gasteiger partial charge >= 0.3 is 0 Å². The third-order valence-electron chi connectivity index (χ3n) is 3.63. The predicted octanol–water partition coefficient (Wildman–Crippen LogP) is 2.24. The van der Waals surface area contributed by atoms with Crippen LogP contribution in [0.15, 0.2) is 18.3 Å². The quantitative estimate of drug-likeness (QED) is 0.886. The lowest BCUT2D eigenvalue weighted by Gasteiger charge is -2.34. The van der Waals surface area contributed by atoms with Gasteiger partial charge in [0.25, 0.3) is 0 Å². The van der Waals surface area contributed by atoms with Crippen molar-refractivity contribution in [3.8, 4) is 6.07 Å². The summed E-state index contributed by atoms with van der Waals surface area (Å²) in [6.07, 6.45) is 6.69. The Morgan fingerprint density at radius 2 is 2.22 bits per heavy atom. The Morgan fingerprint density at radius 3 is 2.83 bits per heavy atom. The number of hydrogen-bond acceptors (Lipinski definition) is 4. The number of nitrogens with zero attached hydrogens (tertiary/aromatic N) is 3. The van der Waals surface area contributed by atoms with E-state index >= 15 is 0 Å². The second-order valence-electron chi connectivity index (χ2n) is 5.17. The number of hydrogen-bond donors (Lipinski definition) is 1. The van der Waals surface area contributed by atoms with Crippen molar-refractivity contribution in [3.63, 3.8) is 0 Å². The molecule has 1 heterocycles. The van der Waals surface area contributed by atoms with E-state index < -0.39 is 0 Å². The average molecular weight is 244 g/mol. The van der Waals surface area contributed by atoms with Gasteiger partial charge in [-0.1, -0.05) is 0 Å². The molecule has 0 radical (unpaired) electrons. The maximum Gasteiger partial charge on any atom is 0.140 e. The van der Waals surface area contributed by atoms with Crippen LogP contribution in [-0.4, -0.2) is 36.1 Å². The number of rotatable bonds is 3. The summed E-state index contributed by atoms with van der Waals surface area (Å²) in [5, 5.41) is 12.2. The summed E-state index contributed by atoms with van der Waals surface area (Å²) < 4.78 is 0. The van der Waals surface area contributed by atoms with Crippen molar-refractivity contribution in [3.05, 3.63) is 24.0 Å². The summed E-state index contributed by atoms with van der Waals surface area (Å²) in [5.41, 5.74) is 1.48. The number of pyridine rings is 1. The molecule has 0 bridgehead atoms. The van der Waals surface area contributed by atoms with E-state index in [4.69, 9.17) is 5.26 Å². The van der Waals surface area contributed by atoms with Gasteiger partial charge in [-0.25, -0.2) is 4.98 Å². The standard InChI is InChI=1S/C14H20N4/c1-18(2)14-5-3-4-11(8-14)17-13-7-6-12(9-15)16-10-13/h6-7,10-11,14,17H,3-5,8H2,1-2H3/t11-,14-/m1/s1. The minimum absolute atomic E-state index is 0.468. The van der Waals surface area contributed by atoms with Gasteiger partial charge in [0.1, 0.15) is 11.8 Å². The summed E-state index contributed by atoms with van der Waals surface area (Å²) >= 11 is 0. The van der Waals surface area contributed by atoms with Crippen LogP contribution in [0.5, 0.6) is 0 Å². The summed E-state index contributed by atoms with van der Waals surface area (Å²) in [6, 6.07) is 6.91. The van der Waals surface area contributed by atoms with Crippen molar-refractivity contribution in [2.24, 2.45) is 0 Å². The molecule has 1 aliphatic rings. The van der Waals surface area contributed by atoms with Crippen molar-refractivity contribution < 1.29 is 0 Å². The number of aromatic nitrogens is 1. The lowest BCUT2D eigenvalue weighted by molar-refractivity contribution is 0.219. The average Bonchev–Trinajstić information content (AvgIpc) is 2.40. The molecule has 1 N–H and O–H groups in total. The lowest BCUT2D eigenvalue weighted by atomic mass is 9.90. The van der Waals surface area contributed by atoms with Crippen molar-refractivity contribution in [2.75, 3.05) is 19.4 Å². The van der Waals surface area contributed by atoms with Crippen LogP contribution < -0.4 is 5.32 Å². The highest BCUT2D eigenvalue weighted by Gasteiger charge is 2.23. The molecule has 18 heavy (non-hydrogen) atoms. The summed E-state index contributed by atoms with van der Waals surface area (Å²) in [4.78, 5) is 6.39. The summed E-state index contributed by atoms with van der Waals surface area (Å²) in [7, 11) is 4.30. The third kappa shape index (κ3) is 3.21. The van der Waals surface area contributed by atoms with Crippen LogP contribution in [0, 0.1) is 11.3 Å². The van der Waals surface area contributed by atoms with Crippen LogP contribution in [0.1, 0.15) is 31.4 Å². The molecule has 96 valence electrons. The molecule has 1 aromatic heterocycles. The molecule has 0 unspecified atom stereocenters. The maximum atomic E-state index is 8.71. The van der Waals surface area contributed by atoms with E-state index in [2.05, 4.69) is 29.3 Å². The molecular weight excluding hydrogens is 224 g/mol. The fourth-order valence-electron chi connectivity index (χ4n) is 2.55. The second-order valence-corrected chi connectivity index (χ2v) is 5.17. The van der Waals surface area contributed by atoms with Crippen molar-refractivity contribution >= 4 is 5.69 Å². The summed E-state index contributed by atoms with van der Waals surface area (Å²) in [5.74, 6) is 0. The second kappa shape index (κ2) is 5.83. The van der Waals surface area contributed by atoms with Crippen LogP contribution in [0.4, 0.5) is 5.69 Å². The van der Waals surface area contributed by atoms with Gasteiger partial charge in [0, 0.05) is 12.1 Å². The minimum atomic E-state index is 0.468. The van der Waals surface area contributed by atoms with E-state index in [0.29, 0.717) is 17.8 Å². The first-order valence-electron chi connectivity index (χ1n) is 6.48. The van der Waals surface area contributed by atoms with Crippen LogP contribution in [0.3, 0.4) is 0 Å². The minimum Gasteiger partial charge on any atom is -0.381 e. The van der Waals surface area contributed by atoms with Crippen LogP contribution in [-0.2, 0) is 0 Å². The van der Waals surface area contributed by atoms with Gasteiger partial charge in [-0.3, -0.25) is 0 Å². The van der Waals surface area contributed by atoms with Crippen LogP contribution >= 0.6 is 0 Å². The first-order chi connectivity index (χ1) is 8.69. The number of nitriles is 1. The zero-order valence-electron chi connectivity index (χ0n) is 11.1. The van der Waals surface area contributed by atoms with E-state index in [0.717, 1.165) is 5.69 Å². The van der Waals surface area contributed by atoms with E-state index in [1.165, 1.54) is 25.7 Å². The molecule has 4 heteroatoms. The highest BCUT2D eigenvalue weighted by molar-refractivity contribution is 5.43. The molecule has 4 nitrogen and oxygen atoms in total. The molecular formula is C14H20N4. The topological polar surface area (TPSA) is 52.0 Å². The third-order valence-corrected chi connectivity index (χ3v) is 3.63. The highest BCUT2D eigenvalue weighted by Crippen LogP contribution is 2.24. The molecule has 0 saturated heterocycles. The van der Waals surface area contributed by atoms with Crippen LogP contribution in [0.2, 0.25) is 0 Å². The van der Waals surface area contributed by atoms with Gasteiger partial charge < -0.3 is 10.2 Å². The molecule has 2 rings (SSSR count). The Morgan fingerprint density at radius 1 is 1.39 bits per heavy atom. The Kier molecular flexibility index (Phi) is 4.16. The zero-order chi connectivity index (χ0) is 13.0. The van der Waals surface area contributed by atoms with Crippen molar-refractivity contribution in [1.82, 2.24) is 9.88 Å². The van der Waals surface area contributed by atoms with Gasteiger partial charge in [0.2, 0.25) is 0 Å². The lowest BCUT2D eigenvalue weighted by Crippen LogP contribution is -2.38. The molecule has 0 amide bonds. The Hall–Kier alpha value is -1.60. The highest BCUT2D eigenvalue weighted by atomic mass is 15.1. The molecule has 2 atom stereocenters. The van der Waals surface area contributed by atoms with Gasteiger partial charge in [0.05, 0.1) is 11.9 Å². The SMILES string of the molecule is CN(C)[C@@H]1CCC[C@@H](Nc2ccc(C#N)nc2)C1. The largest absolute Gasteiger partial charge is 0.381 e. The molecule has 0 aliphatic heterocycles. The Bertz CT molecular complexity index is 418. The molecule has 1 fully saturated rings. The fourth-order valence-corrected chi connectivity index (χ4v) is 2.55. The normalized spacial score (nSPS) is 23.7. The predicted molar refractivity (Wildman–Crippen MR) is 72.3 cm³/mol. The monoisotopic (exact) mass is 244 g/mol. The molecule has 1 saturated carbocycles. The van der Waals surface area contributed by atoms with E-state index in [1.807, 2.05) is 12.1 Å². The molecule has 0 aromatic carbocycles. The van der Waals surface area contributed by atoms with Gasteiger partial charge in [-0.05, 0) is 51.9 Å². The van der Waals surface area contributed by atoms with E-state index in [1.54, 1.807) is 12.3 Å². The summed E-state index contributed by atoms with van der Waals surface area (Å²) in [6.45, 7) is 0. The van der Waals surface area contributed by atoms with Crippen LogP contribution in [0.25, 0.3) is 0 Å². The smallest absolute Gasteiger partial charge is 0.140 e. The van der Waals surface area contributed by atoms with E-state index in [9.17, 15) is 0 Å². The van der Waals surface area contributed by atoms with Crippen molar-refractivity contribution in [2.45, 2.75) is 37.8 Å². The Labute approximate surface area is 109 Å². The molecule has 1 aliphatic carbocycles. The number of nitrogens with one attached hydrogen (secondary N) is 1. The number of anilines is 1. The molecule has 0 spiro atoms. The van der Waals surface area contributed by atoms with E-state index in [-0.39, 0.29) is 0 Å². The van der Waals surface area contributed by atoms with Crippen molar-refractivity contribution in [1.29, 1.82) is 5.26 Å². The first kappa shape index (κ1) is 12.8. The van der Waals surface area contributed by atoms with Gasteiger partial charge in [-0.15, -0.1) is 0 Å². The molecule has 1 aromatic rings. The Balaban J connectivity index is 1.94. The zero-order valence-corrected chi connectivity index (χ0v) is 11.1. The van der Waals surface area contributed by atoms with Gasteiger partial charge in [-0.2, -0.15) is 5.26 Å². The van der Waals surface area contributed by atoms with Gasteiger partial charge in [0.15, 0.2) is 0 Å².